The maximum Gasteiger partial charge on any atom is 0.165 e. The largest absolute Gasteiger partial charge is 0.504 e. The second-order valence-corrected chi connectivity index (χ2v) is 5.83. The Hall–Kier alpha value is -2.62. The highest BCUT2D eigenvalue weighted by Crippen LogP contribution is 2.38. The van der Waals surface area contributed by atoms with Crippen LogP contribution in [0.25, 0.3) is 12.2 Å². The van der Waals surface area contributed by atoms with Crippen molar-refractivity contribution in [1.82, 2.24) is 0 Å². The molecule has 2 N–H and O–H groups in total. The minimum absolute atomic E-state index is 0.260. The Morgan fingerprint density at radius 1 is 0.826 bits per heavy atom. The molecule has 0 aliphatic rings. The van der Waals surface area contributed by atoms with Gasteiger partial charge in [0.2, 0.25) is 0 Å². The van der Waals surface area contributed by atoms with Crippen LogP contribution >= 0.6 is 0 Å². The van der Waals surface area contributed by atoms with E-state index in [0.29, 0.717) is 11.1 Å². The molecule has 4 heteroatoms. The fourth-order valence-corrected chi connectivity index (χ4v) is 2.44. The summed E-state index contributed by atoms with van der Waals surface area (Å²) in [5.74, 6) is -2.48. The van der Waals surface area contributed by atoms with Crippen molar-refractivity contribution in [2.24, 2.45) is 0 Å². The Labute approximate surface area is 134 Å². The summed E-state index contributed by atoms with van der Waals surface area (Å²) in [6.07, 6.45) is 2.70. The zero-order chi connectivity index (χ0) is 17.4. The molecule has 0 aliphatic carbocycles. The van der Waals surface area contributed by atoms with Crippen molar-refractivity contribution in [2.75, 3.05) is 0 Å². The van der Waals surface area contributed by atoms with Crippen LogP contribution < -0.4 is 0 Å². The molecule has 0 fully saturated rings. The molecule has 2 aromatic rings. The number of phenols is 2. The first kappa shape index (κ1) is 16.7. The molecule has 0 bridgehead atoms. The quantitative estimate of drug-likeness (QED) is 0.834. The highest BCUT2D eigenvalue weighted by molar-refractivity contribution is 5.61. The number of halogens is 2. The predicted molar refractivity (Wildman–Crippen MR) is 88.4 cm³/mol. The Morgan fingerprint density at radius 2 is 1.17 bits per heavy atom. The van der Waals surface area contributed by atoms with Crippen LogP contribution in [0.4, 0.5) is 8.78 Å². The van der Waals surface area contributed by atoms with Crippen molar-refractivity contribution >= 4 is 12.2 Å². The average molecular weight is 316 g/mol. The Morgan fingerprint density at radius 3 is 1.48 bits per heavy atom. The van der Waals surface area contributed by atoms with Crippen molar-refractivity contribution in [3.8, 4) is 11.5 Å². The van der Waals surface area contributed by atoms with Gasteiger partial charge in [-0.15, -0.1) is 0 Å². The maximum absolute atomic E-state index is 13.9. The smallest absolute Gasteiger partial charge is 0.165 e. The molecule has 0 aliphatic heterocycles. The molecule has 0 radical (unpaired) electrons. The van der Waals surface area contributed by atoms with Gasteiger partial charge in [0.15, 0.2) is 23.1 Å². The van der Waals surface area contributed by atoms with Gasteiger partial charge in [-0.05, 0) is 35.4 Å². The summed E-state index contributed by atoms with van der Waals surface area (Å²) in [6, 6.07) is 5.62. The normalized spacial score (nSPS) is 11.3. The van der Waals surface area contributed by atoms with Gasteiger partial charge in [0.25, 0.3) is 0 Å². The van der Waals surface area contributed by atoms with Crippen LogP contribution in [0.1, 0.15) is 36.1 Å². The van der Waals surface area contributed by atoms with E-state index in [1.54, 1.807) is 26.0 Å². The molecule has 0 heterocycles. The second-order valence-electron chi connectivity index (χ2n) is 5.83. The summed E-state index contributed by atoms with van der Waals surface area (Å²) in [5, 5.41) is 19.3. The molecular formula is C19H18F2O2. The number of benzene rings is 2. The fraction of sp³-hybridized carbons (Fsp3) is 0.158. The molecule has 0 amide bonds. The van der Waals surface area contributed by atoms with E-state index in [4.69, 9.17) is 0 Å². The topological polar surface area (TPSA) is 40.5 Å². The standard InChI is InChI=1S/C19H18F2O2/c1-5-11-7-13(9-15(20)17(11)22)19(3,4)14-8-12(6-2)18(23)16(21)10-14/h5-10,22-23H,1-2H2,3-4H3. The van der Waals surface area contributed by atoms with Crippen LogP contribution in [0.15, 0.2) is 37.4 Å². The third kappa shape index (κ3) is 2.84. The van der Waals surface area contributed by atoms with Gasteiger partial charge in [-0.1, -0.05) is 39.2 Å². The summed E-state index contributed by atoms with van der Waals surface area (Å²) in [7, 11) is 0. The summed E-state index contributed by atoms with van der Waals surface area (Å²) >= 11 is 0. The van der Waals surface area contributed by atoms with Gasteiger partial charge in [0, 0.05) is 16.5 Å². The second kappa shape index (κ2) is 5.88. The van der Waals surface area contributed by atoms with Gasteiger partial charge < -0.3 is 10.2 Å². The first-order valence-electron chi connectivity index (χ1n) is 7.03. The molecule has 0 saturated carbocycles. The first-order chi connectivity index (χ1) is 10.7. The highest BCUT2D eigenvalue weighted by Gasteiger charge is 2.27. The van der Waals surface area contributed by atoms with E-state index in [9.17, 15) is 19.0 Å². The van der Waals surface area contributed by atoms with E-state index in [1.165, 1.54) is 24.3 Å². The molecule has 2 rings (SSSR count). The summed E-state index contributed by atoms with van der Waals surface area (Å²) in [5.41, 5.74) is 0.844. The van der Waals surface area contributed by atoms with Crippen molar-refractivity contribution in [3.63, 3.8) is 0 Å². The van der Waals surface area contributed by atoms with Crippen LogP contribution in [0, 0.1) is 11.6 Å². The number of hydrogen-bond acceptors (Lipinski definition) is 2. The fourth-order valence-electron chi connectivity index (χ4n) is 2.44. The zero-order valence-electron chi connectivity index (χ0n) is 13.0. The number of hydrogen-bond donors (Lipinski definition) is 2. The Bertz CT molecular complexity index is 727. The van der Waals surface area contributed by atoms with Crippen molar-refractivity contribution in [3.05, 3.63) is 71.3 Å². The van der Waals surface area contributed by atoms with Crippen LogP contribution in [0.2, 0.25) is 0 Å². The minimum atomic E-state index is -0.770. The monoisotopic (exact) mass is 316 g/mol. The molecule has 0 atom stereocenters. The molecule has 23 heavy (non-hydrogen) atoms. The van der Waals surface area contributed by atoms with Gasteiger partial charge in [-0.3, -0.25) is 0 Å². The van der Waals surface area contributed by atoms with E-state index >= 15 is 0 Å². The zero-order valence-corrected chi connectivity index (χ0v) is 13.0. The molecule has 2 nitrogen and oxygen atoms in total. The van der Waals surface area contributed by atoms with Gasteiger partial charge >= 0.3 is 0 Å². The molecule has 0 saturated heterocycles. The van der Waals surface area contributed by atoms with E-state index in [2.05, 4.69) is 13.2 Å². The lowest BCUT2D eigenvalue weighted by Crippen LogP contribution is -2.20. The summed E-state index contributed by atoms with van der Waals surface area (Å²) < 4.78 is 27.9. The maximum atomic E-state index is 13.9. The molecule has 0 unspecified atom stereocenters. The lowest BCUT2D eigenvalue weighted by molar-refractivity contribution is 0.427. The van der Waals surface area contributed by atoms with Gasteiger partial charge in [-0.2, -0.15) is 0 Å². The van der Waals surface area contributed by atoms with Crippen molar-refractivity contribution in [2.45, 2.75) is 19.3 Å². The Balaban J connectivity index is 2.67. The van der Waals surface area contributed by atoms with Crippen LogP contribution in [0.3, 0.4) is 0 Å². The Kier molecular flexibility index (Phi) is 4.28. The summed E-state index contributed by atoms with van der Waals surface area (Å²) in [4.78, 5) is 0. The molecule has 0 aromatic heterocycles. The SMILES string of the molecule is C=Cc1cc(C(C)(C)c2cc(F)c(O)c(C=C)c2)cc(F)c1O. The predicted octanol–water partition coefficient (Wildman–Crippen LogP) is 4.99. The van der Waals surface area contributed by atoms with Crippen LogP contribution in [-0.4, -0.2) is 10.2 Å². The third-order valence-electron chi connectivity index (χ3n) is 4.07. The highest BCUT2D eigenvalue weighted by atomic mass is 19.1. The minimum Gasteiger partial charge on any atom is -0.504 e. The van der Waals surface area contributed by atoms with Crippen LogP contribution in [0.5, 0.6) is 11.5 Å². The van der Waals surface area contributed by atoms with Crippen molar-refractivity contribution in [1.29, 1.82) is 0 Å². The lowest BCUT2D eigenvalue weighted by Gasteiger charge is -2.27. The number of rotatable bonds is 4. The first-order valence-corrected chi connectivity index (χ1v) is 7.03. The van der Waals surface area contributed by atoms with Gasteiger partial charge in [0.05, 0.1) is 0 Å². The molecule has 2 aromatic carbocycles. The molecule has 0 spiro atoms. The third-order valence-corrected chi connectivity index (χ3v) is 4.07. The lowest BCUT2D eigenvalue weighted by atomic mass is 9.77. The van der Waals surface area contributed by atoms with E-state index in [0.717, 1.165) is 0 Å². The van der Waals surface area contributed by atoms with Crippen molar-refractivity contribution < 1.29 is 19.0 Å². The van der Waals surface area contributed by atoms with Gasteiger partial charge in [0.1, 0.15) is 0 Å². The van der Waals surface area contributed by atoms with Crippen LogP contribution in [-0.2, 0) is 5.41 Å². The van der Waals surface area contributed by atoms with E-state index in [-0.39, 0.29) is 11.1 Å². The summed E-state index contributed by atoms with van der Waals surface area (Å²) in [6.45, 7) is 10.7. The van der Waals surface area contributed by atoms with E-state index in [1.807, 2.05) is 0 Å². The van der Waals surface area contributed by atoms with E-state index < -0.39 is 28.5 Å². The number of phenolic OH excluding ortho intramolecular Hbond substituents is 2. The average Bonchev–Trinajstić information content (AvgIpc) is 2.52. The number of aromatic hydroxyl groups is 2. The molecule has 120 valence electrons. The van der Waals surface area contributed by atoms with Gasteiger partial charge in [-0.25, -0.2) is 8.78 Å². The molecular weight excluding hydrogens is 298 g/mol.